The average Bonchev–Trinajstić information content (AvgIpc) is 2.44. The number of benzene rings is 2. The lowest BCUT2D eigenvalue weighted by atomic mass is 10.0. The summed E-state index contributed by atoms with van der Waals surface area (Å²) in [6.07, 6.45) is 0. The minimum atomic E-state index is -0.124. The molecule has 21 heavy (non-hydrogen) atoms. The van der Waals surface area contributed by atoms with Crippen molar-refractivity contribution in [3.8, 4) is 5.75 Å². The van der Waals surface area contributed by atoms with E-state index in [9.17, 15) is 0 Å². The van der Waals surface area contributed by atoms with Crippen LogP contribution in [0.1, 0.15) is 26.3 Å². The second-order valence-corrected chi connectivity index (χ2v) is 6.10. The van der Waals surface area contributed by atoms with Crippen LogP contribution in [0.5, 0.6) is 5.75 Å². The number of hydrogen-bond acceptors (Lipinski definition) is 3. The Morgan fingerprint density at radius 1 is 1.00 bits per heavy atom. The van der Waals surface area contributed by atoms with Crippen molar-refractivity contribution in [2.75, 3.05) is 20.3 Å². The number of ether oxygens (including phenoxy) is 2. The second kappa shape index (κ2) is 6.92. The quantitative estimate of drug-likeness (QED) is 0.821. The molecule has 0 amide bonds. The lowest BCUT2D eigenvalue weighted by Gasteiger charge is -2.20. The Balaban J connectivity index is 2.13. The summed E-state index contributed by atoms with van der Waals surface area (Å²) >= 11 is 0. The lowest BCUT2D eigenvalue weighted by molar-refractivity contribution is -0.0163. The van der Waals surface area contributed by atoms with E-state index in [4.69, 9.17) is 9.47 Å². The first kappa shape index (κ1) is 15.8. The Bertz CT molecular complexity index is 587. The zero-order valence-corrected chi connectivity index (χ0v) is 13.4. The van der Waals surface area contributed by atoms with Crippen LogP contribution in [0.2, 0.25) is 0 Å². The summed E-state index contributed by atoms with van der Waals surface area (Å²) < 4.78 is 11.6. The molecule has 0 atom stereocenters. The molecule has 3 heteroatoms. The molecule has 0 unspecified atom stereocenters. The Labute approximate surface area is 127 Å². The standard InChI is InChI=1S/C18H25NO2/c1-18(2,3)21-12-11-20-17-10-9-14-7-5-6-8-15(14)16(17)13-19-4/h5-10,19H,11-13H2,1-4H3. The van der Waals surface area contributed by atoms with Crippen LogP contribution in [0, 0.1) is 0 Å². The fraction of sp³-hybridized carbons (Fsp3) is 0.444. The van der Waals surface area contributed by atoms with E-state index in [0.29, 0.717) is 13.2 Å². The van der Waals surface area contributed by atoms with E-state index < -0.39 is 0 Å². The van der Waals surface area contributed by atoms with Crippen molar-refractivity contribution in [3.05, 3.63) is 42.0 Å². The van der Waals surface area contributed by atoms with Gasteiger partial charge in [0.1, 0.15) is 12.4 Å². The number of nitrogens with one attached hydrogen (secondary N) is 1. The highest BCUT2D eigenvalue weighted by molar-refractivity contribution is 5.87. The van der Waals surface area contributed by atoms with E-state index >= 15 is 0 Å². The van der Waals surface area contributed by atoms with Crippen LogP contribution in [-0.4, -0.2) is 25.9 Å². The van der Waals surface area contributed by atoms with Crippen LogP contribution in [-0.2, 0) is 11.3 Å². The Morgan fingerprint density at radius 3 is 2.48 bits per heavy atom. The summed E-state index contributed by atoms with van der Waals surface area (Å²) in [5, 5.41) is 5.69. The van der Waals surface area contributed by atoms with Gasteiger partial charge in [-0.2, -0.15) is 0 Å². The molecule has 3 nitrogen and oxygen atoms in total. The summed E-state index contributed by atoms with van der Waals surface area (Å²) in [5.74, 6) is 0.931. The SMILES string of the molecule is CNCc1c(OCCOC(C)(C)C)ccc2ccccc12. The third-order valence-corrected chi connectivity index (χ3v) is 3.23. The number of rotatable bonds is 6. The summed E-state index contributed by atoms with van der Waals surface area (Å²) in [6.45, 7) is 8.10. The molecule has 0 spiro atoms. The maximum absolute atomic E-state index is 5.93. The van der Waals surface area contributed by atoms with Gasteiger partial charge in [0.15, 0.2) is 0 Å². The molecule has 0 saturated carbocycles. The van der Waals surface area contributed by atoms with Crippen molar-refractivity contribution in [2.24, 2.45) is 0 Å². The number of hydrogen-bond donors (Lipinski definition) is 1. The number of fused-ring (bicyclic) bond motifs is 1. The van der Waals surface area contributed by atoms with Gasteiger partial charge in [0.05, 0.1) is 12.2 Å². The Hall–Kier alpha value is -1.58. The van der Waals surface area contributed by atoms with Crippen LogP contribution in [0.4, 0.5) is 0 Å². The molecule has 114 valence electrons. The molecule has 0 aliphatic heterocycles. The van der Waals surface area contributed by atoms with Crippen LogP contribution in [0.3, 0.4) is 0 Å². The highest BCUT2D eigenvalue weighted by Crippen LogP contribution is 2.28. The summed E-state index contributed by atoms with van der Waals surface area (Å²) in [7, 11) is 1.95. The molecule has 2 aromatic rings. The van der Waals surface area contributed by atoms with Gasteiger partial charge < -0.3 is 14.8 Å². The van der Waals surface area contributed by atoms with Gasteiger partial charge in [0.2, 0.25) is 0 Å². The molecule has 0 saturated heterocycles. The molecule has 0 bridgehead atoms. The van der Waals surface area contributed by atoms with E-state index in [2.05, 4.69) is 56.4 Å². The molecule has 1 N–H and O–H groups in total. The van der Waals surface area contributed by atoms with E-state index in [1.54, 1.807) is 0 Å². The zero-order valence-electron chi connectivity index (χ0n) is 13.4. The summed E-state index contributed by atoms with van der Waals surface area (Å²) in [5.41, 5.74) is 1.08. The predicted molar refractivity (Wildman–Crippen MR) is 87.9 cm³/mol. The molecule has 2 rings (SSSR count). The molecule has 0 radical (unpaired) electrons. The van der Waals surface area contributed by atoms with Crippen LogP contribution >= 0.6 is 0 Å². The zero-order chi connectivity index (χ0) is 15.3. The second-order valence-electron chi connectivity index (χ2n) is 6.10. The summed E-state index contributed by atoms with van der Waals surface area (Å²) in [6, 6.07) is 12.5. The lowest BCUT2D eigenvalue weighted by Crippen LogP contribution is -2.22. The minimum absolute atomic E-state index is 0.124. The maximum atomic E-state index is 5.93. The predicted octanol–water partition coefficient (Wildman–Crippen LogP) is 3.75. The molecule has 0 aliphatic carbocycles. The first-order chi connectivity index (χ1) is 10.0. The van der Waals surface area contributed by atoms with Gasteiger partial charge in [0, 0.05) is 12.1 Å². The van der Waals surface area contributed by atoms with Crippen molar-refractivity contribution < 1.29 is 9.47 Å². The fourth-order valence-corrected chi connectivity index (χ4v) is 2.31. The molecule has 0 aliphatic rings. The topological polar surface area (TPSA) is 30.5 Å². The molecule has 0 aromatic heterocycles. The van der Waals surface area contributed by atoms with Crippen LogP contribution in [0.25, 0.3) is 10.8 Å². The maximum Gasteiger partial charge on any atom is 0.124 e. The Kier molecular flexibility index (Phi) is 5.21. The van der Waals surface area contributed by atoms with Gasteiger partial charge in [-0.3, -0.25) is 0 Å². The monoisotopic (exact) mass is 287 g/mol. The third-order valence-electron chi connectivity index (χ3n) is 3.23. The molecule has 0 heterocycles. The van der Waals surface area contributed by atoms with Crippen LogP contribution < -0.4 is 10.1 Å². The van der Waals surface area contributed by atoms with Crippen molar-refractivity contribution in [3.63, 3.8) is 0 Å². The van der Waals surface area contributed by atoms with Crippen molar-refractivity contribution in [2.45, 2.75) is 32.9 Å². The van der Waals surface area contributed by atoms with Gasteiger partial charge >= 0.3 is 0 Å². The highest BCUT2D eigenvalue weighted by Gasteiger charge is 2.11. The van der Waals surface area contributed by atoms with E-state index in [1.165, 1.54) is 16.3 Å². The third kappa shape index (κ3) is 4.45. The first-order valence-electron chi connectivity index (χ1n) is 7.43. The van der Waals surface area contributed by atoms with Gasteiger partial charge in [-0.05, 0) is 44.7 Å². The van der Waals surface area contributed by atoms with Gasteiger partial charge in [-0.15, -0.1) is 0 Å². The van der Waals surface area contributed by atoms with Gasteiger partial charge in [-0.25, -0.2) is 0 Å². The fourth-order valence-electron chi connectivity index (χ4n) is 2.31. The van der Waals surface area contributed by atoms with Crippen molar-refractivity contribution >= 4 is 10.8 Å². The molecular formula is C18H25NO2. The van der Waals surface area contributed by atoms with E-state index in [0.717, 1.165) is 12.3 Å². The average molecular weight is 287 g/mol. The smallest absolute Gasteiger partial charge is 0.124 e. The van der Waals surface area contributed by atoms with Crippen LogP contribution in [0.15, 0.2) is 36.4 Å². The summed E-state index contributed by atoms with van der Waals surface area (Å²) in [4.78, 5) is 0. The highest BCUT2D eigenvalue weighted by atomic mass is 16.5. The Morgan fingerprint density at radius 2 is 1.76 bits per heavy atom. The van der Waals surface area contributed by atoms with Gasteiger partial charge in [-0.1, -0.05) is 30.3 Å². The van der Waals surface area contributed by atoms with Gasteiger partial charge in [0.25, 0.3) is 0 Å². The largest absolute Gasteiger partial charge is 0.491 e. The minimum Gasteiger partial charge on any atom is -0.491 e. The normalized spacial score (nSPS) is 11.8. The van der Waals surface area contributed by atoms with E-state index in [1.807, 2.05) is 13.1 Å². The molecule has 2 aromatic carbocycles. The van der Waals surface area contributed by atoms with E-state index in [-0.39, 0.29) is 5.60 Å². The molecule has 0 fully saturated rings. The van der Waals surface area contributed by atoms with Crippen molar-refractivity contribution in [1.29, 1.82) is 0 Å². The first-order valence-corrected chi connectivity index (χ1v) is 7.43. The molecular weight excluding hydrogens is 262 g/mol. The van der Waals surface area contributed by atoms with Crippen molar-refractivity contribution in [1.82, 2.24) is 5.32 Å².